The fourth-order valence-corrected chi connectivity index (χ4v) is 1.83. The molecule has 3 nitrogen and oxygen atoms in total. The minimum Gasteiger partial charge on any atom is -0.493 e. The summed E-state index contributed by atoms with van der Waals surface area (Å²) in [5.41, 5.74) is 6.40. The number of ether oxygens (including phenoxy) is 2. The SMILES string of the molecule is CCOCCCOc1ccc(Br)cc1C(N)=S. The van der Waals surface area contributed by atoms with Crippen molar-refractivity contribution in [2.75, 3.05) is 19.8 Å². The van der Waals surface area contributed by atoms with Gasteiger partial charge in [0, 0.05) is 24.1 Å². The van der Waals surface area contributed by atoms with Gasteiger partial charge in [0.15, 0.2) is 0 Å². The molecule has 2 N–H and O–H groups in total. The topological polar surface area (TPSA) is 44.5 Å². The van der Waals surface area contributed by atoms with Gasteiger partial charge in [-0.1, -0.05) is 28.1 Å². The molecular weight excluding hydrogens is 302 g/mol. The van der Waals surface area contributed by atoms with E-state index in [0.29, 0.717) is 18.2 Å². The van der Waals surface area contributed by atoms with Crippen molar-refractivity contribution in [1.29, 1.82) is 0 Å². The highest BCUT2D eigenvalue weighted by atomic mass is 79.9. The maximum atomic E-state index is 5.64. The Morgan fingerprint density at radius 2 is 2.18 bits per heavy atom. The standard InChI is InChI=1S/C12H16BrNO2S/c1-2-15-6-3-7-16-11-5-4-9(13)8-10(11)12(14)17/h4-5,8H,2-3,6-7H2,1H3,(H2,14,17). The van der Waals surface area contributed by atoms with Crippen LogP contribution in [-0.2, 0) is 4.74 Å². The largest absolute Gasteiger partial charge is 0.493 e. The fourth-order valence-electron chi connectivity index (χ4n) is 1.31. The maximum Gasteiger partial charge on any atom is 0.129 e. The maximum absolute atomic E-state index is 5.64. The van der Waals surface area contributed by atoms with Crippen LogP contribution >= 0.6 is 28.1 Å². The molecule has 0 fully saturated rings. The second-order valence-electron chi connectivity index (χ2n) is 3.40. The quantitative estimate of drug-likeness (QED) is 0.620. The summed E-state index contributed by atoms with van der Waals surface area (Å²) in [6.07, 6.45) is 0.848. The smallest absolute Gasteiger partial charge is 0.129 e. The lowest BCUT2D eigenvalue weighted by Gasteiger charge is -2.11. The summed E-state index contributed by atoms with van der Waals surface area (Å²) < 4.78 is 11.8. The average molecular weight is 318 g/mol. The van der Waals surface area contributed by atoms with Gasteiger partial charge in [0.2, 0.25) is 0 Å². The van der Waals surface area contributed by atoms with Crippen LogP contribution in [0, 0.1) is 0 Å². The molecule has 1 rings (SSSR count). The van der Waals surface area contributed by atoms with Crippen LogP contribution in [0.2, 0.25) is 0 Å². The summed E-state index contributed by atoms with van der Waals surface area (Å²) >= 11 is 8.36. The molecule has 0 heterocycles. The molecule has 0 amide bonds. The number of rotatable bonds is 7. The average Bonchev–Trinajstić information content (AvgIpc) is 2.30. The van der Waals surface area contributed by atoms with Crippen LogP contribution < -0.4 is 10.5 Å². The minimum atomic E-state index is 0.339. The Labute approximate surface area is 115 Å². The summed E-state index contributed by atoms with van der Waals surface area (Å²) in [5, 5.41) is 0. The van der Waals surface area contributed by atoms with Crippen molar-refractivity contribution in [2.24, 2.45) is 5.73 Å². The third-order valence-electron chi connectivity index (χ3n) is 2.10. The van der Waals surface area contributed by atoms with E-state index in [-0.39, 0.29) is 0 Å². The van der Waals surface area contributed by atoms with Crippen molar-refractivity contribution in [2.45, 2.75) is 13.3 Å². The number of halogens is 1. The molecule has 0 spiro atoms. The van der Waals surface area contributed by atoms with Gasteiger partial charge in [-0.05, 0) is 25.1 Å². The molecule has 0 aliphatic carbocycles. The van der Waals surface area contributed by atoms with Crippen LogP contribution in [0.1, 0.15) is 18.9 Å². The second-order valence-corrected chi connectivity index (χ2v) is 4.76. The van der Waals surface area contributed by atoms with E-state index >= 15 is 0 Å². The molecule has 0 aromatic heterocycles. The first-order chi connectivity index (χ1) is 8.15. The Morgan fingerprint density at radius 3 is 2.82 bits per heavy atom. The molecule has 0 aliphatic rings. The van der Waals surface area contributed by atoms with E-state index in [1.807, 2.05) is 25.1 Å². The molecule has 0 unspecified atom stereocenters. The third-order valence-corrected chi connectivity index (χ3v) is 2.81. The summed E-state index contributed by atoms with van der Waals surface area (Å²) in [6.45, 7) is 4.00. The van der Waals surface area contributed by atoms with Gasteiger partial charge in [0.05, 0.1) is 12.2 Å². The van der Waals surface area contributed by atoms with Crippen molar-refractivity contribution in [3.8, 4) is 5.75 Å². The molecule has 94 valence electrons. The first kappa shape index (κ1) is 14.4. The van der Waals surface area contributed by atoms with E-state index in [1.54, 1.807) is 0 Å². The molecule has 1 aromatic carbocycles. The van der Waals surface area contributed by atoms with Gasteiger partial charge in [-0.25, -0.2) is 0 Å². The van der Waals surface area contributed by atoms with Crippen molar-refractivity contribution in [1.82, 2.24) is 0 Å². The molecule has 17 heavy (non-hydrogen) atoms. The molecule has 0 radical (unpaired) electrons. The zero-order valence-electron chi connectivity index (χ0n) is 9.74. The van der Waals surface area contributed by atoms with Crippen molar-refractivity contribution in [3.05, 3.63) is 28.2 Å². The van der Waals surface area contributed by atoms with E-state index in [1.165, 1.54) is 0 Å². The zero-order valence-corrected chi connectivity index (χ0v) is 12.1. The van der Waals surface area contributed by atoms with E-state index in [4.69, 9.17) is 27.4 Å². The Balaban J connectivity index is 2.55. The highest BCUT2D eigenvalue weighted by Crippen LogP contribution is 2.23. The van der Waals surface area contributed by atoms with Gasteiger partial charge in [-0.3, -0.25) is 0 Å². The van der Waals surface area contributed by atoms with Crippen LogP contribution in [0.25, 0.3) is 0 Å². The molecular formula is C12H16BrNO2S. The van der Waals surface area contributed by atoms with E-state index in [9.17, 15) is 0 Å². The molecule has 0 saturated carbocycles. The van der Waals surface area contributed by atoms with Crippen LogP contribution in [0.5, 0.6) is 5.75 Å². The molecule has 0 saturated heterocycles. The van der Waals surface area contributed by atoms with Crippen molar-refractivity contribution in [3.63, 3.8) is 0 Å². The number of nitrogens with two attached hydrogens (primary N) is 1. The van der Waals surface area contributed by atoms with Crippen LogP contribution in [0.15, 0.2) is 22.7 Å². The summed E-state index contributed by atoms with van der Waals surface area (Å²) in [6, 6.07) is 5.62. The first-order valence-electron chi connectivity index (χ1n) is 5.45. The van der Waals surface area contributed by atoms with Gasteiger partial charge in [-0.2, -0.15) is 0 Å². The van der Waals surface area contributed by atoms with Crippen molar-refractivity contribution >= 4 is 33.1 Å². The van der Waals surface area contributed by atoms with Gasteiger partial charge >= 0.3 is 0 Å². The van der Waals surface area contributed by atoms with Gasteiger partial charge in [0.1, 0.15) is 10.7 Å². The van der Waals surface area contributed by atoms with Crippen LogP contribution in [0.3, 0.4) is 0 Å². The van der Waals surface area contributed by atoms with Crippen LogP contribution in [0.4, 0.5) is 0 Å². The zero-order chi connectivity index (χ0) is 12.7. The fraction of sp³-hybridized carbons (Fsp3) is 0.417. The second kappa shape index (κ2) is 7.63. The normalized spacial score (nSPS) is 10.2. The monoisotopic (exact) mass is 317 g/mol. The van der Waals surface area contributed by atoms with E-state index in [2.05, 4.69) is 15.9 Å². The first-order valence-corrected chi connectivity index (χ1v) is 6.65. The van der Waals surface area contributed by atoms with Crippen LogP contribution in [-0.4, -0.2) is 24.8 Å². The molecule has 5 heteroatoms. The lowest BCUT2D eigenvalue weighted by molar-refractivity contribution is 0.131. The van der Waals surface area contributed by atoms with E-state index in [0.717, 1.165) is 28.8 Å². The summed E-state index contributed by atoms with van der Waals surface area (Å²) in [5.74, 6) is 0.720. The summed E-state index contributed by atoms with van der Waals surface area (Å²) in [4.78, 5) is 0.339. The molecule has 1 aromatic rings. The van der Waals surface area contributed by atoms with Gasteiger partial charge in [-0.15, -0.1) is 0 Å². The number of benzene rings is 1. The lowest BCUT2D eigenvalue weighted by Crippen LogP contribution is -2.12. The molecule has 0 atom stereocenters. The van der Waals surface area contributed by atoms with Gasteiger partial charge < -0.3 is 15.2 Å². The molecule has 0 aliphatic heterocycles. The third kappa shape index (κ3) is 5.02. The van der Waals surface area contributed by atoms with Crippen molar-refractivity contribution < 1.29 is 9.47 Å². The summed E-state index contributed by atoms with van der Waals surface area (Å²) in [7, 11) is 0. The predicted molar refractivity (Wildman–Crippen MR) is 76.6 cm³/mol. The lowest BCUT2D eigenvalue weighted by atomic mass is 10.2. The molecule has 0 bridgehead atoms. The Hall–Kier alpha value is -0.650. The Morgan fingerprint density at radius 1 is 1.41 bits per heavy atom. The highest BCUT2D eigenvalue weighted by Gasteiger charge is 2.07. The van der Waals surface area contributed by atoms with Gasteiger partial charge in [0.25, 0.3) is 0 Å². The Kier molecular flexibility index (Phi) is 6.47. The Bertz CT molecular complexity index is 385. The number of hydrogen-bond acceptors (Lipinski definition) is 3. The predicted octanol–water partition coefficient (Wildman–Crippen LogP) is 2.89. The minimum absolute atomic E-state index is 0.339. The number of hydrogen-bond donors (Lipinski definition) is 1. The number of thiocarbonyl (C=S) groups is 1. The highest BCUT2D eigenvalue weighted by molar-refractivity contribution is 9.10. The van der Waals surface area contributed by atoms with E-state index < -0.39 is 0 Å².